The number of amides is 1. The lowest BCUT2D eigenvalue weighted by atomic mass is 10.1. The molecule has 2 aromatic heterocycles. The summed E-state index contributed by atoms with van der Waals surface area (Å²) in [6.45, 7) is 3.72. The summed E-state index contributed by atoms with van der Waals surface area (Å²) in [6, 6.07) is 6.88. The van der Waals surface area contributed by atoms with Crippen LogP contribution in [0.3, 0.4) is 0 Å². The number of imidazole rings is 1. The second kappa shape index (κ2) is 7.71. The van der Waals surface area contributed by atoms with Crippen molar-refractivity contribution in [2.75, 3.05) is 37.5 Å². The minimum atomic E-state index is -0.479. The van der Waals surface area contributed by atoms with Gasteiger partial charge in [0.25, 0.3) is 5.91 Å². The smallest absolute Gasteiger partial charge is 0.261 e. The number of hydrogen-bond acceptors (Lipinski definition) is 5. The Balaban J connectivity index is 1.57. The minimum absolute atomic E-state index is 0.126. The van der Waals surface area contributed by atoms with E-state index in [9.17, 15) is 9.18 Å². The van der Waals surface area contributed by atoms with Gasteiger partial charge in [-0.3, -0.25) is 4.79 Å². The number of fused-ring (bicyclic) bond motifs is 1. The molecule has 2 N–H and O–H groups in total. The third-order valence-corrected chi connectivity index (χ3v) is 5.33. The average Bonchev–Trinajstić information content (AvgIpc) is 3.36. The topological polar surface area (TPSA) is 70.9 Å². The molecule has 0 radical (unpaired) electrons. The standard InChI is InChI=1S/C21H24FN5O2/c1-13-11-27-12-16(19(29-3)9-20(27)24-13)21(28)25-18-5-4-14(8-17(18)22)26(2)15-6-7-23-10-15/h4-5,8-9,11-12,15,23H,6-7,10H2,1-3H3,(H,25,28). The van der Waals surface area contributed by atoms with Crippen molar-refractivity contribution in [1.29, 1.82) is 0 Å². The van der Waals surface area contributed by atoms with Crippen molar-refractivity contribution in [3.8, 4) is 5.75 Å². The molecule has 0 spiro atoms. The summed E-state index contributed by atoms with van der Waals surface area (Å²) in [6.07, 6.45) is 4.47. The van der Waals surface area contributed by atoms with E-state index in [1.165, 1.54) is 13.2 Å². The summed E-state index contributed by atoms with van der Waals surface area (Å²) < 4.78 is 21.8. The fourth-order valence-electron chi connectivity index (χ4n) is 3.68. The molecule has 7 nitrogen and oxygen atoms in total. The van der Waals surface area contributed by atoms with Crippen LogP contribution in [0.5, 0.6) is 5.75 Å². The molecule has 1 atom stereocenters. The molecule has 1 fully saturated rings. The van der Waals surface area contributed by atoms with E-state index in [4.69, 9.17) is 4.74 Å². The number of halogens is 1. The van der Waals surface area contributed by atoms with Crippen molar-refractivity contribution in [2.24, 2.45) is 0 Å². The molecule has 152 valence electrons. The zero-order valence-corrected chi connectivity index (χ0v) is 16.7. The highest BCUT2D eigenvalue weighted by atomic mass is 19.1. The van der Waals surface area contributed by atoms with Crippen LogP contribution in [0, 0.1) is 12.7 Å². The van der Waals surface area contributed by atoms with E-state index >= 15 is 0 Å². The quantitative estimate of drug-likeness (QED) is 0.693. The van der Waals surface area contributed by atoms with Crippen LogP contribution >= 0.6 is 0 Å². The number of anilines is 2. The van der Waals surface area contributed by atoms with Gasteiger partial charge in [0.2, 0.25) is 0 Å². The Hall–Kier alpha value is -3.13. The number of nitrogens with one attached hydrogen (secondary N) is 2. The highest BCUT2D eigenvalue weighted by Crippen LogP contribution is 2.26. The first-order valence-electron chi connectivity index (χ1n) is 9.54. The Morgan fingerprint density at radius 3 is 2.90 bits per heavy atom. The third-order valence-electron chi connectivity index (χ3n) is 5.33. The number of methoxy groups -OCH3 is 1. The molecule has 1 saturated heterocycles. The molecule has 0 bridgehead atoms. The van der Waals surface area contributed by atoms with Gasteiger partial charge in [-0.25, -0.2) is 9.37 Å². The summed E-state index contributed by atoms with van der Waals surface area (Å²) in [7, 11) is 3.44. The number of aryl methyl sites for hydroxylation is 1. The van der Waals surface area contributed by atoms with Gasteiger partial charge in [-0.15, -0.1) is 0 Å². The van der Waals surface area contributed by atoms with Gasteiger partial charge in [0, 0.05) is 43.8 Å². The van der Waals surface area contributed by atoms with Crippen molar-refractivity contribution in [3.63, 3.8) is 0 Å². The first-order valence-corrected chi connectivity index (χ1v) is 9.54. The van der Waals surface area contributed by atoms with Gasteiger partial charge in [0.05, 0.1) is 24.1 Å². The molecule has 3 aromatic rings. The number of carbonyl (C=O) groups is 1. The molecule has 1 aromatic carbocycles. The maximum atomic E-state index is 14.7. The normalized spacial score (nSPS) is 16.2. The van der Waals surface area contributed by atoms with Crippen LogP contribution in [0.2, 0.25) is 0 Å². The van der Waals surface area contributed by atoms with Gasteiger partial charge in [0.1, 0.15) is 17.2 Å². The van der Waals surface area contributed by atoms with Gasteiger partial charge in [-0.2, -0.15) is 0 Å². The Morgan fingerprint density at radius 2 is 2.21 bits per heavy atom. The number of ether oxygens (including phenoxy) is 1. The Bertz CT molecular complexity index is 1060. The van der Waals surface area contributed by atoms with Crippen molar-refractivity contribution >= 4 is 22.9 Å². The SMILES string of the molecule is COc1cc2nc(C)cn2cc1C(=O)Nc1ccc(N(C)C2CCNC2)cc1F. The molecular weight excluding hydrogens is 373 g/mol. The van der Waals surface area contributed by atoms with Crippen LogP contribution in [0.15, 0.2) is 36.7 Å². The Labute approximate surface area is 168 Å². The number of nitrogens with zero attached hydrogens (tertiary/aromatic N) is 3. The van der Waals surface area contributed by atoms with Crippen molar-refractivity contribution < 1.29 is 13.9 Å². The van der Waals surface area contributed by atoms with Crippen molar-refractivity contribution in [3.05, 3.63) is 53.7 Å². The number of pyridine rings is 1. The predicted molar refractivity (Wildman–Crippen MR) is 111 cm³/mol. The van der Waals surface area contributed by atoms with E-state index in [0.717, 1.165) is 30.9 Å². The first kappa shape index (κ1) is 19.2. The maximum absolute atomic E-state index is 14.7. The molecule has 0 saturated carbocycles. The van der Waals surface area contributed by atoms with E-state index in [-0.39, 0.29) is 5.69 Å². The predicted octanol–water partition coefficient (Wildman–Crippen LogP) is 2.84. The molecule has 1 aliphatic rings. The fraction of sp³-hybridized carbons (Fsp3) is 0.333. The largest absolute Gasteiger partial charge is 0.496 e. The number of likely N-dealkylation sites (N-methyl/N-ethyl adjacent to an activating group) is 1. The minimum Gasteiger partial charge on any atom is -0.496 e. The summed E-state index contributed by atoms with van der Waals surface area (Å²) in [5, 5.41) is 5.96. The number of hydrogen-bond donors (Lipinski definition) is 2. The lowest BCUT2D eigenvalue weighted by Crippen LogP contribution is -2.33. The second-order valence-corrected chi connectivity index (χ2v) is 7.28. The number of benzene rings is 1. The zero-order valence-electron chi connectivity index (χ0n) is 16.7. The lowest BCUT2D eigenvalue weighted by Gasteiger charge is -2.26. The van der Waals surface area contributed by atoms with E-state index in [1.54, 1.807) is 22.7 Å². The highest BCUT2D eigenvalue weighted by Gasteiger charge is 2.21. The van der Waals surface area contributed by atoms with Crippen LogP contribution in [0.1, 0.15) is 22.5 Å². The molecule has 4 rings (SSSR count). The third kappa shape index (κ3) is 3.75. The van der Waals surface area contributed by atoms with Gasteiger partial charge >= 0.3 is 0 Å². The maximum Gasteiger partial charge on any atom is 0.261 e. The molecular formula is C21H24FN5O2. The van der Waals surface area contributed by atoms with Crippen LogP contribution in [0.25, 0.3) is 5.65 Å². The molecule has 29 heavy (non-hydrogen) atoms. The molecule has 0 aliphatic carbocycles. The molecule has 1 unspecified atom stereocenters. The summed E-state index contributed by atoms with van der Waals surface area (Å²) >= 11 is 0. The molecule has 1 amide bonds. The lowest BCUT2D eigenvalue weighted by molar-refractivity contribution is 0.102. The summed E-state index contributed by atoms with van der Waals surface area (Å²) in [4.78, 5) is 19.2. The van der Waals surface area contributed by atoms with Crippen LogP contribution in [-0.4, -0.2) is 48.6 Å². The van der Waals surface area contributed by atoms with Crippen molar-refractivity contribution in [1.82, 2.24) is 14.7 Å². The van der Waals surface area contributed by atoms with Gasteiger partial charge < -0.3 is 24.7 Å². The van der Waals surface area contributed by atoms with Gasteiger partial charge in [0.15, 0.2) is 0 Å². The first-order chi connectivity index (χ1) is 14.0. The van der Waals surface area contributed by atoms with Crippen LogP contribution < -0.4 is 20.3 Å². The molecule has 3 heterocycles. The number of carbonyl (C=O) groups excluding carboxylic acids is 1. The fourth-order valence-corrected chi connectivity index (χ4v) is 3.68. The van der Waals surface area contributed by atoms with E-state index < -0.39 is 11.7 Å². The molecule has 8 heteroatoms. The second-order valence-electron chi connectivity index (χ2n) is 7.28. The van der Waals surface area contributed by atoms with E-state index in [0.29, 0.717) is 23.0 Å². The van der Waals surface area contributed by atoms with E-state index in [1.807, 2.05) is 26.2 Å². The van der Waals surface area contributed by atoms with E-state index in [2.05, 4.69) is 20.5 Å². The highest BCUT2D eigenvalue weighted by molar-refractivity contribution is 6.06. The summed E-state index contributed by atoms with van der Waals surface area (Å²) in [5.41, 5.74) is 2.71. The number of aromatic nitrogens is 2. The Kier molecular flexibility index (Phi) is 5.10. The zero-order chi connectivity index (χ0) is 20.5. The monoisotopic (exact) mass is 397 g/mol. The Morgan fingerprint density at radius 1 is 1.38 bits per heavy atom. The van der Waals surface area contributed by atoms with Crippen molar-refractivity contribution in [2.45, 2.75) is 19.4 Å². The molecule has 1 aliphatic heterocycles. The van der Waals surface area contributed by atoms with Gasteiger partial charge in [-0.1, -0.05) is 0 Å². The number of rotatable bonds is 5. The van der Waals surface area contributed by atoms with Gasteiger partial charge in [-0.05, 0) is 38.1 Å². The summed E-state index contributed by atoms with van der Waals surface area (Å²) in [5.74, 6) is -0.548. The van der Waals surface area contributed by atoms with Crippen LogP contribution in [-0.2, 0) is 0 Å². The average molecular weight is 397 g/mol. The van der Waals surface area contributed by atoms with Crippen LogP contribution in [0.4, 0.5) is 15.8 Å².